The first-order chi connectivity index (χ1) is 12.1. The Hall–Kier alpha value is -2.61. The van der Waals surface area contributed by atoms with Gasteiger partial charge in [-0.25, -0.2) is 0 Å². The molecule has 0 unspecified atom stereocenters. The minimum absolute atomic E-state index is 0.0738. The van der Waals surface area contributed by atoms with Gasteiger partial charge in [-0.15, -0.1) is 0 Å². The number of pyridine rings is 1. The third-order valence-electron chi connectivity index (χ3n) is 4.33. The topological polar surface area (TPSA) is 98.6 Å². The molecule has 2 N–H and O–H groups in total. The van der Waals surface area contributed by atoms with Gasteiger partial charge >= 0.3 is 6.01 Å². The number of aromatic nitrogens is 3. The van der Waals surface area contributed by atoms with E-state index in [9.17, 15) is 5.11 Å². The molecule has 0 aromatic carbocycles. The van der Waals surface area contributed by atoms with Gasteiger partial charge in [0.05, 0.1) is 39.7 Å². The van der Waals surface area contributed by atoms with E-state index in [4.69, 9.17) is 14.2 Å². The predicted octanol–water partition coefficient (Wildman–Crippen LogP) is 1.82. The smallest absolute Gasteiger partial charge is 0.321 e. The average Bonchev–Trinajstić information content (AvgIpc) is 2.63. The average molecular weight is 346 g/mol. The molecule has 2 aromatic rings. The molecule has 3 rings (SSSR count). The first kappa shape index (κ1) is 17.2. The minimum Gasteiger partial charge on any atom is -0.495 e. The Bertz CT molecular complexity index is 699. The second kappa shape index (κ2) is 7.52. The Morgan fingerprint density at radius 2 is 1.88 bits per heavy atom. The van der Waals surface area contributed by atoms with Crippen molar-refractivity contribution in [3.8, 4) is 17.6 Å². The number of ether oxygens (including phenoxy) is 3. The highest BCUT2D eigenvalue weighted by Crippen LogP contribution is 2.40. The summed E-state index contributed by atoms with van der Waals surface area (Å²) in [5.74, 6) is 1.93. The van der Waals surface area contributed by atoms with Gasteiger partial charge in [-0.05, 0) is 30.4 Å². The van der Waals surface area contributed by atoms with Crippen molar-refractivity contribution >= 4 is 5.82 Å². The molecule has 1 saturated carbocycles. The van der Waals surface area contributed by atoms with Gasteiger partial charge in [0.2, 0.25) is 5.88 Å². The zero-order chi connectivity index (χ0) is 17.8. The highest BCUT2D eigenvalue weighted by molar-refractivity contribution is 5.43. The van der Waals surface area contributed by atoms with Gasteiger partial charge in [0.1, 0.15) is 11.6 Å². The summed E-state index contributed by atoms with van der Waals surface area (Å²) in [5.41, 5.74) is 0.966. The van der Waals surface area contributed by atoms with Crippen molar-refractivity contribution in [1.82, 2.24) is 15.0 Å². The van der Waals surface area contributed by atoms with Crippen LogP contribution in [0.4, 0.5) is 5.82 Å². The molecule has 1 aliphatic carbocycles. The quantitative estimate of drug-likeness (QED) is 0.783. The van der Waals surface area contributed by atoms with Crippen LogP contribution >= 0.6 is 0 Å². The van der Waals surface area contributed by atoms with Crippen molar-refractivity contribution in [1.29, 1.82) is 0 Å². The van der Waals surface area contributed by atoms with Crippen LogP contribution in [0, 0.1) is 5.92 Å². The maximum absolute atomic E-state index is 9.71. The van der Waals surface area contributed by atoms with Gasteiger partial charge in [0.15, 0.2) is 0 Å². The Morgan fingerprint density at radius 3 is 2.52 bits per heavy atom. The van der Waals surface area contributed by atoms with Crippen molar-refractivity contribution in [2.75, 3.05) is 26.6 Å². The van der Waals surface area contributed by atoms with Gasteiger partial charge in [-0.2, -0.15) is 9.97 Å². The number of nitrogens with one attached hydrogen (secondary N) is 1. The number of rotatable bonds is 7. The molecule has 0 aliphatic heterocycles. The van der Waals surface area contributed by atoms with Crippen LogP contribution < -0.4 is 19.5 Å². The van der Waals surface area contributed by atoms with Gasteiger partial charge in [0, 0.05) is 12.3 Å². The standard InChI is InChI=1S/C17H22N4O4/c1-23-13-6-11(8-18-9-13)16(10-4-12(22)5-10)19-14-7-15(24-2)21-17(20-14)25-3/h6-10,12,16,22H,4-5H2,1-3H3,(H,19,20,21)/t10?,12?,16-/m0/s1. The molecule has 8 nitrogen and oxygen atoms in total. The number of hydrogen-bond acceptors (Lipinski definition) is 8. The molecule has 0 saturated heterocycles. The summed E-state index contributed by atoms with van der Waals surface area (Å²) < 4.78 is 15.6. The van der Waals surface area contributed by atoms with Crippen LogP contribution in [0.1, 0.15) is 24.4 Å². The number of methoxy groups -OCH3 is 3. The molecule has 0 amide bonds. The van der Waals surface area contributed by atoms with Crippen LogP contribution in [0.25, 0.3) is 0 Å². The van der Waals surface area contributed by atoms with E-state index in [2.05, 4.69) is 20.3 Å². The summed E-state index contributed by atoms with van der Waals surface area (Å²) in [7, 11) is 4.65. The van der Waals surface area contributed by atoms with Gasteiger partial charge < -0.3 is 24.6 Å². The lowest BCUT2D eigenvalue weighted by molar-refractivity contribution is 0.0338. The minimum atomic E-state index is -0.262. The fourth-order valence-corrected chi connectivity index (χ4v) is 2.93. The summed E-state index contributed by atoms with van der Waals surface area (Å²) in [6, 6.07) is 3.79. The molecular formula is C17H22N4O4. The van der Waals surface area contributed by atoms with Crippen molar-refractivity contribution in [3.63, 3.8) is 0 Å². The summed E-state index contributed by atoms with van der Waals surface area (Å²) in [6.07, 6.45) is 4.62. The Labute approximate surface area is 146 Å². The molecule has 25 heavy (non-hydrogen) atoms. The molecule has 134 valence electrons. The van der Waals surface area contributed by atoms with Crippen molar-refractivity contribution in [2.45, 2.75) is 25.0 Å². The normalized spacial score (nSPS) is 20.3. The SMILES string of the molecule is COc1cncc([C@@H](Nc2cc(OC)nc(OC)n2)C2CC(O)C2)c1. The Balaban J connectivity index is 1.90. The fraction of sp³-hybridized carbons (Fsp3) is 0.471. The molecule has 2 aromatic heterocycles. The molecule has 8 heteroatoms. The number of aliphatic hydroxyl groups excluding tert-OH is 1. The number of anilines is 1. The molecule has 2 heterocycles. The summed E-state index contributed by atoms with van der Waals surface area (Å²) in [4.78, 5) is 12.7. The molecular weight excluding hydrogens is 324 g/mol. The lowest BCUT2D eigenvalue weighted by Crippen LogP contribution is -2.36. The maximum Gasteiger partial charge on any atom is 0.321 e. The molecule has 0 spiro atoms. The van der Waals surface area contributed by atoms with Crippen molar-refractivity contribution < 1.29 is 19.3 Å². The van der Waals surface area contributed by atoms with E-state index in [1.807, 2.05) is 6.07 Å². The first-order valence-electron chi connectivity index (χ1n) is 8.03. The van der Waals surface area contributed by atoms with Crippen molar-refractivity contribution in [3.05, 3.63) is 30.1 Å². The number of aliphatic hydroxyl groups is 1. The monoisotopic (exact) mass is 346 g/mol. The van der Waals surface area contributed by atoms with E-state index in [0.29, 0.717) is 30.3 Å². The number of nitrogens with zero attached hydrogens (tertiary/aromatic N) is 3. The van der Waals surface area contributed by atoms with Gasteiger partial charge in [-0.1, -0.05) is 0 Å². The van der Waals surface area contributed by atoms with Gasteiger partial charge in [-0.3, -0.25) is 4.98 Å². The van der Waals surface area contributed by atoms with E-state index in [0.717, 1.165) is 5.56 Å². The zero-order valence-electron chi connectivity index (χ0n) is 14.5. The Kier molecular flexibility index (Phi) is 5.18. The van der Waals surface area contributed by atoms with Crippen molar-refractivity contribution in [2.24, 2.45) is 5.92 Å². The van der Waals surface area contributed by atoms with Crippen LogP contribution in [-0.2, 0) is 0 Å². The second-order valence-electron chi connectivity index (χ2n) is 5.95. The van der Waals surface area contributed by atoms with E-state index < -0.39 is 0 Å². The van der Waals surface area contributed by atoms with E-state index in [1.54, 1.807) is 25.6 Å². The largest absolute Gasteiger partial charge is 0.495 e. The summed E-state index contributed by atoms with van der Waals surface area (Å²) in [5, 5.41) is 13.1. The van der Waals surface area contributed by atoms with Crippen LogP contribution in [0.3, 0.4) is 0 Å². The molecule has 0 bridgehead atoms. The van der Waals surface area contributed by atoms with Crippen LogP contribution in [0.15, 0.2) is 24.5 Å². The lowest BCUT2D eigenvalue weighted by atomic mass is 9.75. The summed E-state index contributed by atoms with van der Waals surface area (Å²) >= 11 is 0. The molecule has 1 fully saturated rings. The van der Waals surface area contributed by atoms with E-state index >= 15 is 0 Å². The third-order valence-corrected chi connectivity index (χ3v) is 4.33. The van der Waals surface area contributed by atoms with E-state index in [-0.39, 0.29) is 24.1 Å². The highest BCUT2D eigenvalue weighted by atomic mass is 16.5. The van der Waals surface area contributed by atoms with E-state index in [1.165, 1.54) is 14.2 Å². The lowest BCUT2D eigenvalue weighted by Gasteiger charge is -2.38. The molecule has 1 atom stereocenters. The molecule has 1 aliphatic rings. The van der Waals surface area contributed by atoms with Crippen LogP contribution in [0.5, 0.6) is 17.6 Å². The third kappa shape index (κ3) is 3.90. The van der Waals surface area contributed by atoms with Crippen LogP contribution in [-0.4, -0.2) is 47.5 Å². The summed E-state index contributed by atoms with van der Waals surface area (Å²) in [6.45, 7) is 0. The fourth-order valence-electron chi connectivity index (χ4n) is 2.93. The first-order valence-corrected chi connectivity index (χ1v) is 8.03. The zero-order valence-corrected chi connectivity index (χ0v) is 14.5. The van der Waals surface area contributed by atoms with Gasteiger partial charge in [0.25, 0.3) is 0 Å². The Morgan fingerprint density at radius 1 is 1.08 bits per heavy atom. The van der Waals surface area contributed by atoms with Crippen LogP contribution in [0.2, 0.25) is 0 Å². The second-order valence-corrected chi connectivity index (χ2v) is 5.95. The predicted molar refractivity (Wildman–Crippen MR) is 91.0 cm³/mol. The highest BCUT2D eigenvalue weighted by Gasteiger charge is 2.35. The maximum atomic E-state index is 9.71. The number of hydrogen-bond donors (Lipinski definition) is 2. The molecule has 0 radical (unpaired) electrons.